The third-order valence-electron chi connectivity index (χ3n) is 2.46. The normalized spacial score (nSPS) is 12.6. The number of amides is 1. The molecule has 0 aliphatic rings. The lowest BCUT2D eigenvalue weighted by Gasteiger charge is -2.12. The fourth-order valence-corrected chi connectivity index (χ4v) is 3.37. The van der Waals surface area contributed by atoms with Crippen molar-refractivity contribution in [1.82, 2.24) is 10.3 Å². The van der Waals surface area contributed by atoms with Gasteiger partial charge in [0.25, 0.3) is 5.91 Å². The number of hydrogen-bond donors (Lipinski definition) is 2. The number of nitrogens with zero attached hydrogens (tertiary/aromatic N) is 1. The highest BCUT2D eigenvalue weighted by Gasteiger charge is 2.18. The van der Waals surface area contributed by atoms with Crippen LogP contribution < -0.4 is 11.1 Å². The maximum Gasteiger partial charge on any atom is 0.270 e. The Morgan fingerprint density at radius 1 is 1.55 bits per heavy atom. The second kappa shape index (κ2) is 8.56. The molecule has 0 radical (unpaired) electrons. The molecule has 0 fully saturated rings. The molecule has 1 aromatic rings. The molecule has 0 bridgehead atoms. The Labute approximate surface area is 129 Å². The number of carbonyl (C=O) groups excluding carboxylic acids is 1. The van der Waals surface area contributed by atoms with Gasteiger partial charge in [-0.2, -0.15) is 0 Å². The topological polar surface area (TPSA) is 102 Å². The highest BCUT2D eigenvalue weighted by Crippen LogP contribution is 2.10. The summed E-state index contributed by atoms with van der Waals surface area (Å²) in [4.78, 5) is 16.0. The average Bonchev–Trinajstić information content (AvgIpc) is 2.77. The SMILES string of the molecule is CCS(=O)(=O)CC(C)NC(=O)c1csc(CCN)n1.Cl. The number of aromatic nitrogens is 1. The number of nitrogens with two attached hydrogens (primary N) is 1. The minimum Gasteiger partial charge on any atom is -0.347 e. The summed E-state index contributed by atoms with van der Waals surface area (Å²) in [5.41, 5.74) is 5.72. The zero-order valence-corrected chi connectivity index (χ0v) is 13.9. The molecule has 0 aliphatic heterocycles. The first-order valence-electron chi connectivity index (χ1n) is 6.03. The van der Waals surface area contributed by atoms with Crippen LogP contribution in [0.3, 0.4) is 0 Å². The number of halogens is 1. The highest BCUT2D eigenvalue weighted by molar-refractivity contribution is 7.91. The molecule has 1 aromatic heterocycles. The van der Waals surface area contributed by atoms with E-state index in [0.29, 0.717) is 18.7 Å². The Morgan fingerprint density at radius 2 is 2.20 bits per heavy atom. The van der Waals surface area contributed by atoms with Crippen molar-refractivity contribution in [2.75, 3.05) is 18.1 Å². The van der Waals surface area contributed by atoms with Gasteiger partial charge in [-0.3, -0.25) is 4.79 Å². The monoisotopic (exact) mass is 341 g/mol. The maximum atomic E-state index is 11.9. The summed E-state index contributed by atoms with van der Waals surface area (Å²) in [7, 11) is -3.10. The van der Waals surface area contributed by atoms with Gasteiger partial charge in [0.15, 0.2) is 9.84 Å². The number of nitrogens with one attached hydrogen (secondary N) is 1. The number of thiazole rings is 1. The fourth-order valence-electron chi connectivity index (χ4n) is 1.49. The predicted octanol–water partition coefficient (Wildman–Crippen LogP) is 0.619. The van der Waals surface area contributed by atoms with Gasteiger partial charge < -0.3 is 11.1 Å². The van der Waals surface area contributed by atoms with Crippen molar-refractivity contribution in [2.45, 2.75) is 26.3 Å². The van der Waals surface area contributed by atoms with Crippen molar-refractivity contribution in [3.05, 3.63) is 16.1 Å². The molecule has 0 spiro atoms. The minimum absolute atomic E-state index is 0. The largest absolute Gasteiger partial charge is 0.347 e. The van der Waals surface area contributed by atoms with Crippen LogP contribution in [0.25, 0.3) is 0 Å². The van der Waals surface area contributed by atoms with Gasteiger partial charge in [-0.05, 0) is 13.5 Å². The average molecular weight is 342 g/mol. The van der Waals surface area contributed by atoms with E-state index in [1.165, 1.54) is 11.3 Å². The van der Waals surface area contributed by atoms with Crippen LogP contribution in [0.4, 0.5) is 0 Å². The van der Waals surface area contributed by atoms with E-state index < -0.39 is 15.9 Å². The number of sulfone groups is 1. The second-order valence-corrected chi connectivity index (χ2v) is 7.58. The van der Waals surface area contributed by atoms with Crippen molar-refractivity contribution in [1.29, 1.82) is 0 Å². The van der Waals surface area contributed by atoms with E-state index >= 15 is 0 Å². The van der Waals surface area contributed by atoms with Gasteiger partial charge in [-0.15, -0.1) is 23.7 Å². The molecule has 0 aromatic carbocycles. The zero-order valence-electron chi connectivity index (χ0n) is 11.5. The molecule has 1 heterocycles. The van der Waals surface area contributed by atoms with E-state index in [4.69, 9.17) is 5.73 Å². The first-order valence-corrected chi connectivity index (χ1v) is 8.73. The Morgan fingerprint density at radius 3 is 2.75 bits per heavy atom. The van der Waals surface area contributed by atoms with Crippen LogP contribution in [-0.4, -0.2) is 43.4 Å². The van der Waals surface area contributed by atoms with Crippen molar-refractivity contribution in [3.8, 4) is 0 Å². The lowest BCUT2D eigenvalue weighted by Crippen LogP contribution is -2.38. The van der Waals surface area contributed by atoms with Crippen LogP contribution in [0.15, 0.2) is 5.38 Å². The summed E-state index contributed by atoms with van der Waals surface area (Å²) in [5.74, 6) is -0.335. The molecular weight excluding hydrogens is 322 g/mol. The van der Waals surface area contributed by atoms with Gasteiger partial charge >= 0.3 is 0 Å². The third-order valence-corrected chi connectivity index (χ3v) is 5.26. The van der Waals surface area contributed by atoms with E-state index in [9.17, 15) is 13.2 Å². The van der Waals surface area contributed by atoms with Gasteiger partial charge in [-0.1, -0.05) is 6.92 Å². The van der Waals surface area contributed by atoms with E-state index in [1.54, 1.807) is 19.2 Å². The van der Waals surface area contributed by atoms with Crippen LogP contribution in [0, 0.1) is 0 Å². The first kappa shape index (κ1) is 19.3. The minimum atomic E-state index is -3.10. The highest BCUT2D eigenvalue weighted by atomic mass is 35.5. The van der Waals surface area contributed by atoms with Gasteiger partial charge in [0.05, 0.1) is 10.8 Å². The summed E-state index contributed by atoms with van der Waals surface area (Å²) in [6.07, 6.45) is 0.637. The fraction of sp³-hybridized carbons (Fsp3) is 0.636. The second-order valence-electron chi connectivity index (χ2n) is 4.24. The van der Waals surface area contributed by atoms with Crippen LogP contribution in [0.2, 0.25) is 0 Å². The first-order chi connectivity index (χ1) is 8.88. The van der Waals surface area contributed by atoms with Crippen molar-refractivity contribution in [3.63, 3.8) is 0 Å². The van der Waals surface area contributed by atoms with E-state index in [2.05, 4.69) is 10.3 Å². The van der Waals surface area contributed by atoms with Gasteiger partial charge in [0.2, 0.25) is 0 Å². The predicted molar refractivity (Wildman–Crippen MR) is 83.4 cm³/mol. The molecule has 20 heavy (non-hydrogen) atoms. The Kier molecular flexibility index (Phi) is 8.26. The van der Waals surface area contributed by atoms with Gasteiger partial charge in [0, 0.05) is 23.6 Å². The molecule has 1 rings (SSSR count). The Balaban J connectivity index is 0.00000361. The molecule has 9 heteroatoms. The number of hydrogen-bond acceptors (Lipinski definition) is 6. The summed E-state index contributed by atoms with van der Waals surface area (Å²) in [5, 5.41) is 5.10. The molecule has 1 atom stereocenters. The van der Waals surface area contributed by atoms with Gasteiger partial charge in [0.1, 0.15) is 5.69 Å². The van der Waals surface area contributed by atoms with Crippen LogP contribution in [0.1, 0.15) is 29.3 Å². The molecule has 116 valence electrons. The van der Waals surface area contributed by atoms with Crippen molar-refractivity contribution < 1.29 is 13.2 Å². The van der Waals surface area contributed by atoms with Crippen LogP contribution >= 0.6 is 23.7 Å². The summed E-state index contributed by atoms with van der Waals surface area (Å²) >= 11 is 1.38. The smallest absolute Gasteiger partial charge is 0.270 e. The molecule has 0 aliphatic carbocycles. The van der Waals surface area contributed by atoms with E-state index in [0.717, 1.165) is 5.01 Å². The lowest BCUT2D eigenvalue weighted by molar-refractivity contribution is 0.0939. The quantitative estimate of drug-likeness (QED) is 0.756. The van der Waals surface area contributed by atoms with Crippen molar-refractivity contribution in [2.24, 2.45) is 5.73 Å². The Hall–Kier alpha value is -0.700. The molecular formula is C11H20ClN3O3S2. The zero-order chi connectivity index (χ0) is 14.5. The molecule has 0 saturated carbocycles. The molecule has 3 N–H and O–H groups in total. The Bertz CT molecular complexity index is 531. The molecule has 6 nitrogen and oxygen atoms in total. The lowest BCUT2D eigenvalue weighted by atomic mass is 10.3. The van der Waals surface area contributed by atoms with E-state index in [1.807, 2.05) is 0 Å². The van der Waals surface area contributed by atoms with E-state index in [-0.39, 0.29) is 29.8 Å². The molecule has 1 amide bonds. The number of carbonyl (C=O) groups is 1. The molecule has 1 unspecified atom stereocenters. The van der Waals surface area contributed by atoms with Crippen molar-refractivity contribution >= 4 is 39.5 Å². The molecule has 0 saturated heterocycles. The third kappa shape index (κ3) is 6.17. The van der Waals surface area contributed by atoms with Gasteiger partial charge in [-0.25, -0.2) is 13.4 Å². The summed E-state index contributed by atoms with van der Waals surface area (Å²) < 4.78 is 22.9. The summed E-state index contributed by atoms with van der Waals surface area (Å²) in [6.45, 7) is 3.74. The number of rotatable bonds is 7. The maximum absolute atomic E-state index is 11.9. The standard InChI is InChI=1S/C11H19N3O3S2.ClH/c1-3-19(16,17)7-8(2)13-11(15)9-6-18-10(14-9)4-5-12;/h6,8H,3-5,7,12H2,1-2H3,(H,13,15);1H. The van der Waals surface area contributed by atoms with Crippen LogP contribution in [0.5, 0.6) is 0 Å². The summed E-state index contributed by atoms with van der Waals surface area (Å²) in [6, 6.07) is -0.433. The van der Waals surface area contributed by atoms with Crippen LogP contribution in [-0.2, 0) is 16.3 Å².